The predicted octanol–water partition coefficient (Wildman–Crippen LogP) is 5.31. The highest BCUT2D eigenvalue weighted by molar-refractivity contribution is 6.36. The zero-order chi connectivity index (χ0) is 23.2. The maximum absolute atomic E-state index is 12.5. The Kier molecular flexibility index (Phi) is 8.02. The fraction of sp³-hybridized carbons (Fsp3) is 0.400. The predicted molar refractivity (Wildman–Crippen MR) is 130 cm³/mol. The van der Waals surface area contributed by atoms with Crippen LogP contribution >= 0.6 is 23.2 Å². The van der Waals surface area contributed by atoms with Crippen LogP contribution in [0.15, 0.2) is 47.0 Å². The molecule has 2 heterocycles. The molecule has 1 N–H and O–H groups in total. The van der Waals surface area contributed by atoms with Gasteiger partial charge in [-0.3, -0.25) is 9.69 Å². The van der Waals surface area contributed by atoms with Crippen LogP contribution < -0.4 is 5.32 Å². The molecule has 3 aromatic rings. The fourth-order valence-corrected chi connectivity index (χ4v) is 4.54. The molecule has 2 aromatic carbocycles. The van der Waals surface area contributed by atoms with E-state index in [0.29, 0.717) is 40.4 Å². The van der Waals surface area contributed by atoms with Gasteiger partial charge in [-0.25, -0.2) is 0 Å². The second-order valence-electron chi connectivity index (χ2n) is 8.57. The molecule has 0 saturated carbocycles. The molecule has 4 rings (SSSR count). The largest absolute Gasteiger partial charge is 0.356 e. The van der Waals surface area contributed by atoms with Gasteiger partial charge >= 0.3 is 0 Å². The SMILES string of the molecule is Cc1ccc(CCCNC(=O)C2CCN(Cc3nc(-c4ccc(Cl)cc4Cl)no3)CC2)cc1. The van der Waals surface area contributed by atoms with Crippen LogP contribution in [0.1, 0.15) is 36.3 Å². The summed E-state index contributed by atoms with van der Waals surface area (Å²) in [5, 5.41) is 8.21. The molecule has 0 spiro atoms. The van der Waals surface area contributed by atoms with E-state index in [0.717, 1.165) is 38.8 Å². The van der Waals surface area contributed by atoms with Crippen molar-refractivity contribution < 1.29 is 9.32 Å². The highest BCUT2D eigenvalue weighted by Gasteiger charge is 2.26. The monoisotopic (exact) mass is 486 g/mol. The van der Waals surface area contributed by atoms with Crippen molar-refractivity contribution in [2.75, 3.05) is 19.6 Å². The molecule has 1 aliphatic heterocycles. The van der Waals surface area contributed by atoms with E-state index in [1.807, 2.05) is 0 Å². The van der Waals surface area contributed by atoms with Crippen LogP contribution in [0.25, 0.3) is 11.4 Å². The third-order valence-corrected chi connectivity index (χ3v) is 6.57. The van der Waals surface area contributed by atoms with E-state index in [9.17, 15) is 4.79 Å². The van der Waals surface area contributed by atoms with Crippen molar-refractivity contribution in [3.63, 3.8) is 0 Å². The maximum Gasteiger partial charge on any atom is 0.241 e. The van der Waals surface area contributed by atoms with E-state index < -0.39 is 0 Å². The molecule has 174 valence electrons. The molecule has 6 nitrogen and oxygen atoms in total. The van der Waals surface area contributed by atoms with Gasteiger partial charge in [0.05, 0.1) is 11.6 Å². The van der Waals surface area contributed by atoms with Crippen molar-refractivity contribution in [1.29, 1.82) is 0 Å². The number of aromatic nitrogens is 2. The molecule has 8 heteroatoms. The van der Waals surface area contributed by atoms with Gasteiger partial charge < -0.3 is 9.84 Å². The highest BCUT2D eigenvalue weighted by Crippen LogP contribution is 2.28. The fourth-order valence-electron chi connectivity index (χ4n) is 4.05. The van der Waals surface area contributed by atoms with Crippen LogP contribution in [0.3, 0.4) is 0 Å². The highest BCUT2D eigenvalue weighted by atomic mass is 35.5. The van der Waals surface area contributed by atoms with E-state index in [1.54, 1.807) is 18.2 Å². The van der Waals surface area contributed by atoms with Crippen LogP contribution in [-0.2, 0) is 17.8 Å². The first kappa shape index (κ1) is 23.7. The normalized spacial score (nSPS) is 15.0. The summed E-state index contributed by atoms with van der Waals surface area (Å²) in [5.74, 6) is 1.21. The first-order valence-electron chi connectivity index (χ1n) is 11.3. The van der Waals surface area contributed by atoms with Crippen molar-refractivity contribution in [3.05, 3.63) is 69.5 Å². The van der Waals surface area contributed by atoms with Crippen LogP contribution in [0.4, 0.5) is 0 Å². The van der Waals surface area contributed by atoms with Gasteiger partial charge in [0.2, 0.25) is 17.6 Å². The van der Waals surface area contributed by atoms with Gasteiger partial charge in [0, 0.05) is 23.0 Å². The van der Waals surface area contributed by atoms with Gasteiger partial charge in [-0.15, -0.1) is 0 Å². The molecule has 1 fully saturated rings. The summed E-state index contributed by atoms with van der Waals surface area (Å²) in [6, 6.07) is 13.8. The summed E-state index contributed by atoms with van der Waals surface area (Å²) in [4.78, 5) is 19.3. The minimum atomic E-state index is 0.0618. The van der Waals surface area contributed by atoms with Crippen molar-refractivity contribution >= 4 is 29.1 Å². The number of halogens is 2. The molecule has 0 unspecified atom stereocenters. The van der Waals surface area contributed by atoms with E-state index in [4.69, 9.17) is 27.7 Å². The molecule has 1 saturated heterocycles. The van der Waals surface area contributed by atoms with Gasteiger partial charge in [0.25, 0.3) is 0 Å². The van der Waals surface area contributed by atoms with Crippen LogP contribution in [0.2, 0.25) is 10.0 Å². The van der Waals surface area contributed by atoms with Crippen molar-refractivity contribution in [2.24, 2.45) is 5.92 Å². The van der Waals surface area contributed by atoms with Crippen LogP contribution in [0.5, 0.6) is 0 Å². The third kappa shape index (κ3) is 6.56. The number of amides is 1. The van der Waals surface area contributed by atoms with Crippen molar-refractivity contribution in [3.8, 4) is 11.4 Å². The number of benzene rings is 2. The summed E-state index contributed by atoms with van der Waals surface area (Å²) in [7, 11) is 0. The smallest absolute Gasteiger partial charge is 0.241 e. The number of carbonyl (C=O) groups is 1. The molecule has 1 aliphatic rings. The maximum atomic E-state index is 12.5. The summed E-state index contributed by atoms with van der Waals surface area (Å²) in [6.07, 6.45) is 3.58. The number of aryl methyl sites for hydroxylation is 2. The number of hydrogen-bond acceptors (Lipinski definition) is 5. The Morgan fingerprint density at radius 1 is 1.15 bits per heavy atom. The summed E-state index contributed by atoms with van der Waals surface area (Å²) in [6.45, 7) is 5.00. The van der Waals surface area contributed by atoms with Crippen molar-refractivity contribution in [2.45, 2.75) is 39.2 Å². The average molecular weight is 487 g/mol. The number of hydrogen-bond donors (Lipinski definition) is 1. The minimum absolute atomic E-state index is 0.0618. The average Bonchev–Trinajstić information content (AvgIpc) is 3.26. The van der Waals surface area contributed by atoms with Crippen LogP contribution in [-0.4, -0.2) is 40.6 Å². The molecule has 1 aromatic heterocycles. The van der Waals surface area contributed by atoms with E-state index in [1.165, 1.54) is 11.1 Å². The topological polar surface area (TPSA) is 71.3 Å². The number of piperidine rings is 1. The van der Waals surface area contributed by atoms with Gasteiger partial charge in [-0.05, 0) is 69.5 Å². The quantitative estimate of drug-likeness (QED) is 0.436. The van der Waals surface area contributed by atoms with E-state index in [-0.39, 0.29) is 11.8 Å². The van der Waals surface area contributed by atoms with Crippen molar-refractivity contribution in [1.82, 2.24) is 20.4 Å². The Bertz CT molecular complexity index is 1080. The molecule has 0 radical (unpaired) electrons. The number of carbonyl (C=O) groups excluding carboxylic acids is 1. The van der Waals surface area contributed by atoms with Gasteiger partial charge in [-0.1, -0.05) is 58.2 Å². The number of likely N-dealkylation sites (tertiary alicyclic amines) is 1. The Balaban J connectivity index is 1.18. The lowest BCUT2D eigenvalue weighted by atomic mass is 9.96. The zero-order valence-electron chi connectivity index (χ0n) is 18.7. The summed E-state index contributed by atoms with van der Waals surface area (Å²) >= 11 is 12.2. The van der Waals surface area contributed by atoms with E-state index in [2.05, 4.69) is 51.5 Å². The molecule has 0 bridgehead atoms. The Hall–Kier alpha value is -2.41. The standard InChI is InChI=1S/C25H28Cl2N4O2/c1-17-4-6-18(7-5-17)3-2-12-28-25(32)19-10-13-31(14-11-19)16-23-29-24(30-33-23)21-9-8-20(26)15-22(21)27/h4-9,15,19H,2-3,10-14,16H2,1H3,(H,28,32). The lowest BCUT2D eigenvalue weighted by Crippen LogP contribution is -2.40. The Morgan fingerprint density at radius 2 is 1.91 bits per heavy atom. The molecular formula is C25H28Cl2N4O2. The third-order valence-electron chi connectivity index (χ3n) is 6.02. The van der Waals surface area contributed by atoms with Gasteiger partial charge in [0.15, 0.2) is 0 Å². The number of nitrogens with zero attached hydrogens (tertiary/aromatic N) is 3. The number of rotatable bonds is 8. The second kappa shape index (κ2) is 11.1. The van der Waals surface area contributed by atoms with E-state index >= 15 is 0 Å². The lowest BCUT2D eigenvalue weighted by molar-refractivity contribution is -0.126. The number of nitrogens with one attached hydrogen (secondary N) is 1. The molecule has 0 atom stereocenters. The second-order valence-corrected chi connectivity index (χ2v) is 9.41. The summed E-state index contributed by atoms with van der Waals surface area (Å²) in [5.41, 5.74) is 3.27. The first-order valence-corrected chi connectivity index (χ1v) is 12.1. The molecule has 1 amide bonds. The molecular weight excluding hydrogens is 459 g/mol. The van der Waals surface area contributed by atoms with Crippen LogP contribution in [0, 0.1) is 12.8 Å². The zero-order valence-corrected chi connectivity index (χ0v) is 20.2. The summed E-state index contributed by atoms with van der Waals surface area (Å²) < 4.78 is 5.42. The van der Waals surface area contributed by atoms with Gasteiger partial charge in [0.1, 0.15) is 0 Å². The minimum Gasteiger partial charge on any atom is -0.356 e. The molecule has 33 heavy (non-hydrogen) atoms. The first-order chi connectivity index (χ1) is 16.0. The molecule has 0 aliphatic carbocycles. The lowest BCUT2D eigenvalue weighted by Gasteiger charge is -2.30. The Morgan fingerprint density at radius 3 is 2.64 bits per heavy atom. The Labute approximate surface area is 204 Å². The van der Waals surface area contributed by atoms with Gasteiger partial charge in [-0.2, -0.15) is 4.98 Å².